The van der Waals surface area contributed by atoms with E-state index in [-0.39, 0.29) is 17.2 Å². The van der Waals surface area contributed by atoms with Crippen LogP contribution in [-0.4, -0.2) is 39.9 Å². The van der Waals surface area contributed by atoms with Gasteiger partial charge in [-0.05, 0) is 55.2 Å². The SMILES string of the molecule is O=C(NC1CSc2ccccc2N(CCCC2CCCCC2)C1=O)c1ccc(OP(=O)(O)O)cc1. The number of hydrogen-bond donors (Lipinski definition) is 3. The second-order valence-corrected chi connectivity index (χ2v) is 11.3. The summed E-state index contributed by atoms with van der Waals surface area (Å²) in [7, 11) is -4.68. The molecule has 1 saturated carbocycles. The van der Waals surface area contributed by atoms with Crippen LogP contribution in [0.15, 0.2) is 53.4 Å². The minimum absolute atomic E-state index is 0.0458. The Balaban J connectivity index is 1.43. The van der Waals surface area contributed by atoms with Crippen molar-refractivity contribution in [2.24, 2.45) is 5.92 Å². The van der Waals surface area contributed by atoms with E-state index in [1.807, 2.05) is 29.2 Å². The van der Waals surface area contributed by atoms with Crippen molar-refractivity contribution in [2.75, 3.05) is 17.2 Å². The van der Waals surface area contributed by atoms with Crippen LogP contribution in [0.2, 0.25) is 0 Å². The maximum absolute atomic E-state index is 13.6. The molecule has 3 N–H and O–H groups in total. The molecule has 2 amide bonds. The van der Waals surface area contributed by atoms with Gasteiger partial charge in [-0.1, -0.05) is 44.2 Å². The number of nitrogens with one attached hydrogen (secondary N) is 1. The summed E-state index contributed by atoms with van der Waals surface area (Å²) in [5.74, 6) is 0.555. The lowest BCUT2D eigenvalue weighted by atomic mass is 9.86. The number of phosphoric acid groups is 1. The van der Waals surface area contributed by atoms with E-state index in [9.17, 15) is 14.2 Å². The van der Waals surface area contributed by atoms with Crippen LogP contribution < -0.4 is 14.7 Å². The number of carbonyl (C=O) groups is 2. The number of thioether (sulfide) groups is 1. The van der Waals surface area contributed by atoms with Crippen molar-refractivity contribution < 1.29 is 28.5 Å². The Morgan fingerprint density at radius 1 is 1.09 bits per heavy atom. The summed E-state index contributed by atoms with van der Waals surface area (Å²) in [6.07, 6.45) is 8.51. The monoisotopic (exact) mass is 518 g/mol. The number of nitrogens with zero attached hydrogens (tertiary/aromatic N) is 1. The molecule has 0 saturated heterocycles. The number of para-hydroxylation sites is 1. The number of hydrogen-bond acceptors (Lipinski definition) is 5. The van der Waals surface area contributed by atoms with Gasteiger partial charge in [-0.25, -0.2) is 4.57 Å². The Hall–Kier alpha value is -2.32. The van der Waals surface area contributed by atoms with Gasteiger partial charge in [0.15, 0.2) is 0 Å². The number of benzene rings is 2. The standard InChI is InChI=1S/C25H31N2O6PS/c28-24(19-12-14-20(15-13-19)33-34(30,31)32)26-21-17-35-23-11-5-4-10-22(23)27(25(21)29)16-6-9-18-7-2-1-3-8-18/h4-5,10-15,18,21H,1-3,6-9,16-17H2,(H,26,28)(H2,30,31,32). The third-order valence-corrected chi connectivity index (χ3v) is 8.10. The van der Waals surface area contributed by atoms with E-state index in [1.165, 1.54) is 56.4 Å². The summed E-state index contributed by atoms with van der Waals surface area (Å²) < 4.78 is 15.5. The first-order valence-electron chi connectivity index (χ1n) is 12.0. The molecule has 2 aromatic rings. The number of carbonyl (C=O) groups excluding carboxylic acids is 2. The number of rotatable bonds is 8. The van der Waals surface area contributed by atoms with Gasteiger partial charge < -0.3 is 14.7 Å². The van der Waals surface area contributed by atoms with E-state index in [4.69, 9.17) is 9.79 Å². The first-order valence-corrected chi connectivity index (χ1v) is 14.5. The average molecular weight is 519 g/mol. The van der Waals surface area contributed by atoms with Gasteiger partial charge >= 0.3 is 7.82 Å². The van der Waals surface area contributed by atoms with Gasteiger partial charge in [-0.3, -0.25) is 19.4 Å². The minimum Gasteiger partial charge on any atom is -0.404 e. The van der Waals surface area contributed by atoms with E-state index in [0.717, 1.165) is 29.3 Å². The van der Waals surface area contributed by atoms with Crippen molar-refractivity contribution in [1.29, 1.82) is 0 Å². The molecule has 0 radical (unpaired) electrons. The second-order valence-electron chi connectivity index (χ2n) is 9.05. The molecule has 1 unspecified atom stereocenters. The first kappa shape index (κ1) is 25.8. The number of amides is 2. The molecule has 1 heterocycles. The summed E-state index contributed by atoms with van der Waals surface area (Å²) in [5, 5.41) is 2.85. The molecule has 8 nitrogen and oxygen atoms in total. The zero-order chi connectivity index (χ0) is 24.8. The molecule has 4 rings (SSSR count). The first-order chi connectivity index (χ1) is 16.8. The second kappa shape index (κ2) is 11.6. The molecule has 1 fully saturated rings. The molecule has 1 atom stereocenters. The van der Waals surface area contributed by atoms with Crippen LogP contribution in [0.1, 0.15) is 55.3 Å². The predicted molar refractivity (Wildman–Crippen MR) is 136 cm³/mol. The lowest BCUT2D eigenvalue weighted by molar-refractivity contribution is -0.119. The van der Waals surface area contributed by atoms with Crippen LogP contribution >= 0.6 is 19.6 Å². The van der Waals surface area contributed by atoms with Crippen LogP contribution in [0, 0.1) is 5.92 Å². The minimum atomic E-state index is -4.68. The predicted octanol–water partition coefficient (Wildman–Crippen LogP) is 4.76. The lowest BCUT2D eigenvalue weighted by Crippen LogP contribution is -2.49. The van der Waals surface area contributed by atoms with E-state index in [2.05, 4.69) is 9.84 Å². The Bertz CT molecular complexity index is 1080. The Morgan fingerprint density at radius 3 is 2.51 bits per heavy atom. The largest absolute Gasteiger partial charge is 0.524 e. The van der Waals surface area contributed by atoms with Gasteiger partial charge in [-0.15, -0.1) is 11.8 Å². The number of anilines is 1. The lowest BCUT2D eigenvalue weighted by Gasteiger charge is -2.27. The molecule has 2 aliphatic rings. The Morgan fingerprint density at radius 2 is 1.80 bits per heavy atom. The Labute approximate surface area is 209 Å². The van der Waals surface area contributed by atoms with E-state index < -0.39 is 19.8 Å². The van der Waals surface area contributed by atoms with Crippen molar-refractivity contribution in [3.63, 3.8) is 0 Å². The number of phosphoric ester groups is 1. The van der Waals surface area contributed by atoms with Crippen molar-refractivity contribution in [3.8, 4) is 5.75 Å². The molecule has 188 valence electrons. The van der Waals surface area contributed by atoms with Gasteiger partial charge in [0.25, 0.3) is 5.91 Å². The molecule has 1 aliphatic heterocycles. The molecule has 1 aliphatic carbocycles. The van der Waals surface area contributed by atoms with E-state index in [0.29, 0.717) is 12.3 Å². The maximum atomic E-state index is 13.6. The van der Waals surface area contributed by atoms with Gasteiger partial charge in [0, 0.05) is 22.8 Å². The number of fused-ring (bicyclic) bond motifs is 1. The average Bonchev–Trinajstić information content (AvgIpc) is 2.96. The summed E-state index contributed by atoms with van der Waals surface area (Å²) in [6, 6.07) is 12.6. The normalized spacial score (nSPS) is 19.1. The van der Waals surface area contributed by atoms with Gasteiger partial charge in [-0.2, -0.15) is 0 Å². The highest BCUT2D eigenvalue weighted by molar-refractivity contribution is 7.99. The van der Waals surface area contributed by atoms with Crippen molar-refractivity contribution >= 4 is 37.1 Å². The highest BCUT2D eigenvalue weighted by Crippen LogP contribution is 2.38. The smallest absolute Gasteiger partial charge is 0.404 e. The highest BCUT2D eigenvalue weighted by atomic mass is 32.2. The van der Waals surface area contributed by atoms with Crippen LogP contribution in [0.5, 0.6) is 5.75 Å². The highest BCUT2D eigenvalue weighted by Gasteiger charge is 2.32. The molecular formula is C25H31N2O6PS. The quantitative estimate of drug-likeness (QED) is 0.432. The molecule has 0 aromatic heterocycles. The van der Waals surface area contributed by atoms with E-state index in [1.54, 1.807) is 11.8 Å². The summed E-state index contributed by atoms with van der Waals surface area (Å²) in [6.45, 7) is 0.619. The van der Waals surface area contributed by atoms with Gasteiger partial charge in [0.1, 0.15) is 11.8 Å². The van der Waals surface area contributed by atoms with E-state index >= 15 is 0 Å². The van der Waals surface area contributed by atoms with Crippen LogP contribution in [0.25, 0.3) is 0 Å². The van der Waals surface area contributed by atoms with Crippen molar-refractivity contribution in [2.45, 2.75) is 55.9 Å². The van der Waals surface area contributed by atoms with Gasteiger partial charge in [0.2, 0.25) is 5.91 Å². The third-order valence-electron chi connectivity index (χ3n) is 6.49. The zero-order valence-electron chi connectivity index (χ0n) is 19.5. The maximum Gasteiger partial charge on any atom is 0.524 e. The molecule has 10 heteroatoms. The van der Waals surface area contributed by atoms with Crippen LogP contribution in [0.3, 0.4) is 0 Å². The van der Waals surface area contributed by atoms with Crippen molar-refractivity contribution in [1.82, 2.24) is 5.32 Å². The van der Waals surface area contributed by atoms with Crippen LogP contribution in [-0.2, 0) is 9.36 Å². The third kappa shape index (κ3) is 7.10. The van der Waals surface area contributed by atoms with Crippen molar-refractivity contribution in [3.05, 3.63) is 54.1 Å². The van der Waals surface area contributed by atoms with Gasteiger partial charge in [0.05, 0.1) is 5.69 Å². The fourth-order valence-electron chi connectivity index (χ4n) is 4.75. The zero-order valence-corrected chi connectivity index (χ0v) is 21.2. The summed E-state index contributed by atoms with van der Waals surface area (Å²) in [5.41, 5.74) is 1.16. The molecule has 0 spiro atoms. The fourth-order valence-corrected chi connectivity index (χ4v) is 6.22. The van der Waals surface area contributed by atoms with Crippen LogP contribution in [0.4, 0.5) is 5.69 Å². The molecule has 0 bridgehead atoms. The molecule has 2 aromatic carbocycles. The topological polar surface area (TPSA) is 116 Å². The Kier molecular flexibility index (Phi) is 8.55. The molecule has 35 heavy (non-hydrogen) atoms. The summed E-state index contributed by atoms with van der Waals surface area (Å²) in [4.78, 5) is 47.1. The summed E-state index contributed by atoms with van der Waals surface area (Å²) >= 11 is 1.55. The fraction of sp³-hybridized carbons (Fsp3) is 0.440. The molecular weight excluding hydrogens is 487 g/mol.